The zero-order valence-corrected chi connectivity index (χ0v) is 17.5. The van der Waals surface area contributed by atoms with E-state index in [1.54, 1.807) is 17.6 Å². The van der Waals surface area contributed by atoms with Gasteiger partial charge in [0, 0.05) is 24.5 Å². The van der Waals surface area contributed by atoms with Crippen LogP contribution in [0.15, 0.2) is 40.8 Å². The number of hydrogen-bond acceptors (Lipinski definition) is 7. The van der Waals surface area contributed by atoms with Crippen molar-refractivity contribution >= 4 is 23.5 Å². The average molecular weight is 418 g/mol. The molecule has 1 aromatic heterocycles. The third-order valence-electron chi connectivity index (χ3n) is 4.35. The Balaban J connectivity index is 1.51. The zero-order chi connectivity index (χ0) is 20.3. The SMILES string of the molecule is CCOc1cc(/C=N/NC(=O)Cc2cccs2)ccc1OCCN1CCOCC1. The van der Waals surface area contributed by atoms with Gasteiger partial charge in [0.1, 0.15) is 6.61 Å². The quantitative estimate of drug-likeness (QED) is 0.475. The Labute approximate surface area is 175 Å². The molecule has 7 nitrogen and oxygen atoms in total. The number of nitrogens with one attached hydrogen (secondary N) is 1. The van der Waals surface area contributed by atoms with Gasteiger partial charge in [-0.1, -0.05) is 6.07 Å². The molecule has 3 rings (SSSR count). The van der Waals surface area contributed by atoms with Crippen molar-refractivity contribution in [1.29, 1.82) is 0 Å². The van der Waals surface area contributed by atoms with Gasteiger partial charge in [0.15, 0.2) is 11.5 Å². The number of amides is 1. The van der Waals surface area contributed by atoms with Crippen molar-refractivity contribution in [2.45, 2.75) is 13.3 Å². The molecule has 1 saturated heterocycles. The molecule has 0 radical (unpaired) electrons. The summed E-state index contributed by atoms with van der Waals surface area (Å²) in [6.07, 6.45) is 1.93. The highest BCUT2D eigenvalue weighted by Gasteiger charge is 2.11. The van der Waals surface area contributed by atoms with E-state index < -0.39 is 0 Å². The first kappa shape index (κ1) is 21.3. The monoisotopic (exact) mass is 417 g/mol. The normalized spacial score (nSPS) is 14.8. The first-order chi connectivity index (χ1) is 14.2. The molecule has 2 heterocycles. The van der Waals surface area contributed by atoms with Gasteiger partial charge in [0.25, 0.3) is 0 Å². The summed E-state index contributed by atoms with van der Waals surface area (Å²) in [5.74, 6) is 1.24. The Kier molecular flexibility index (Phi) is 8.48. The maximum atomic E-state index is 11.9. The summed E-state index contributed by atoms with van der Waals surface area (Å²) in [6.45, 7) is 7.36. The molecule has 1 aliphatic rings. The lowest BCUT2D eigenvalue weighted by atomic mass is 10.2. The minimum Gasteiger partial charge on any atom is -0.490 e. The average Bonchev–Trinajstić information content (AvgIpc) is 3.23. The fourth-order valence-corrected chi connectivity index (χ4v) is 3.60. The fourth-order valence-electron chi connectivity index (χ4n) is 2.89. The Hall–Kier alpha value is -2.42. The molecule has 1 aliphatic heterocycles. The molecular formula is C21H27N3O4S. The standard InChI is InChI=1S/C21H27N3O4S/c1-2-27-20-14-17(16-22-23-21(25)15-18-4-3-13-29-18)5-6-19(20)28-12-9-24-7-10-26-11-8-24/h3-6,13-14,16H,2,7-12,15H2,1H3,(H,23,25)/b22-16+. The molecule has 2 aromatic rings. The second-order valence-corrected chi connectivity index (χ2v) is 7.52. The van der Waals surface area contributed by atoms with Crippen molar-refractivity contribution in [2.24, 2.45) is 5.10 Å². The lowest BCUT2D eigenvalue weighted by Crippen LogP contribution is -2.38. The van der Waals surface area contributed by atoms with Crippen LogP contribution in [0, 0.1) is 0 Å². The Morgan fingerprint density at radius 2 is 2.14 bits per heavy atom. The molecule has 1 N–H and O–H groups in total. The first-order valence-corrected chi connectivity index (χ1v) is 10.7. The third kappa shape index (κ3) is 7.16. The van der Waals surface area contributed by atoms with Crippen LogP contribution in [-0.4, -0.2) is 63.1 Å². The molecule has 1 fully saturated rings. The summed E-state index contributed by atoms with van der Waals surface area (Å²) in [4.78, 5) is 15.2. The number of thiophene rings is 1. The van der Waals surface area contributed by atoms with Crippen LogP contribution in [0.2, 0.25) is 0 Å². The van der Waals surface area contributed by atoms with Crippen LogP contribution in [0.4, 0.5) is 0 Å². The number of ether oxygens (including phenoxy) is 3. The van der Waals surface area contributed by atoms with E-state index in [0.717, 1.165) is 43.3 Å². The van der Waals surface area contributed by atoms with Crippen LogP contribution in [0.1, 0.15) is 17.4 Å². The second-order valence-electron chi connectivity index (χ2n) is 6.49. The molecule has 1 amide bonds. The van der Waals surface area contributed by atoms with E-state index in [1.165, 1.54) is 0 Å². The van der Waals surface area contributed by atoms with E-state index in [1.807, 2.05) is 42.6 Å². The summed E-state index contributed by atoms with van der Waals surface area (Å²) in [5, 5.41) is 5.99. The first-order valence-electron chi connectivity index (χ1n) is 9.78. The zero-order valence-electron chi connectivity index (χ0n) is 16.6. The predicted octanol–water partition coefficient (Wildman–Crippen LogP) is 2.55. The van der Waals surface area contributed by atoms with Gasteiger partial charge in [-0.2, -0.15) is 5.10 Å². The minimum atomic E-state index is -0.142. The number of morpholine rings is 1. The van der Waals surface area contributed by atoms with Crippen LogP contribution in [0.25, 0.3) is 0 Å². The Bertz CT molecular complexity index is 789. The number of carbonyl (C=O) groups is 1. The van der Waals surface area contributed by atoms with Crippen molar-refractivity contribution < 1.29 is 19.0 Å². The van der Waals surface area contributed by atoms with Crippen LogP contribution in [-0.2, 0) is 16.0 Å². The molecule has 0 unspecified atom stereocenters. The second kappa shape index (κ2) is 11.5. The predicted molar refractivity (Wildman–Crippen MR) is 114 cm³/mol. The van der Waals surface area contributed by atoms with Gasteiger partial charge in [-0.15, -0.1) is 11.3 Å². The molecule has 0 saturated carbocycles. The van der Waals surface area contributed by atoms with Crippen molar-refractivity contribution in [3.05, 3.63) is 46.2 Å². The highest BCUT2D eigenvalue weighted by Crippen LogP contribution is 2.28. The Morgan fingerprint density at radius 3 is 2.90 bits per heavy atom. The van der Waals surface area contributed by atoms with Crippen LogP contribution in [0.5, 0.6) is 11.5 Å². The molecule has 0 aliphatic carbocycles. The van der Waals surface area contributed by atoms with Crippen LogP contribution >= 0.6 is 11.3 Å². The van der Waals surface area contributed by atoms with Crippen molar-refractivity contribution in [1.82, 2.24) is 10.3 Å². The van der Waals surface area contributed by atoms with Crippen molar-refractivity contribution in [3.8, 4) is 11.5 Å². The molecule has 29 heavy (non-hydrogen) atoms. The van der Waals surface area contributed by atoms with Gasteiger partial charge in [-0.05, 0) is 42.1 Å². The number of hydrazone groups is 1. The smallest absolute Gasteiger partial charge is 0.245 e. The van der Waals surface area contributed by atoms with Gasteiger partial charge >= 0.3 is 0 Å². The van der Waals surface area contributed by atoms with Crippen LogP contribution < -0.4 is 14.9 Å². The maximum Gasteiger partial charge on any atom is 0.245 e. The third-order valence-corrected chi connectivity index (χ3v) is 5.23. The topological polar surface area (TPSA) is 72.4 Å². The minimum absolute atomic E-state index is 0.142. The number of benzene rings is 1. The van der Waals surface area contributed by atoms with E-state index in [-0.39, 0.29) is 5.91 Å². The molecular weight excluding hydrogens is 390 g/mol. The summed E-state index contributed by atoms with van der Waals surface area (Å²) in [5.41, 5.74) is 3.38. The molecule has 1 aromatic carbocycles. The lowest BCUT2D eigenvalue weighted by molar-refractivity contribution is -0.120. The fraction of sp³-hybridized carbons (Fsp3) is 0.429. The summed E-state index contributed by atoms with van der Waals surface area (Å²) < 4.78 is 17.0. The molecule has 8 heteroatoms. The maximum absolute atomic E-state index is 11.9. The van der Waals surface area contributed by atoms with E-state index in [0.29, 0.717) is 31.1 Å². The van der Waals surface area contributed by atoms with E-state index in [2.05, 4.69) is 15.4 Å². The van der Waals surface area contributed by atoms with E-state index in [4.69, 9.17) is 14.2 Å². The molecule has 0 bridgehead atoms. The van der Waals surface area contributed by atoms with Gasteiger partial charge in [0.05, 0.1) is 32.5 Å². The number of hydrogen-bond donors (Lipinski definition) is 1. The Morgan fingerprint density at radius 1 is 1.28 bits per heavy atom. The number of carbonyl (C=O) groups excluding carboxylic acids is 1. The highest BCUT2D eigenvalue weighted by molar-refractivity contribution is 7.10. The van der Waals surface area contributed by atoms with Crippen LogP contribution in [0.3, 0.4) is 0 Å². The largest absolute Gasteiger partial charge is 0.490 e. The van der Waals surface area contributed by atoms with E-state index >= 15 is 0 Å². The number of rotatable bonds is 10. The highest BCUT2D eigenvalue weighted by atomic mass is 32.1. The number of nitrogens with zero attached hydrogens (tertiary/aromatic N) is 2. The summed E-state index contributed by atoms with van der Waals surface area (Å²) >= 11 is 1.55. The van der Waals surface area contributed by atoms with Gasteiger partial charge in [-0.25, -0.2) is 5.43 Å². The van der Waals surface area contributed by atoms with E-state index in [9.17, 15) is 4.79 Å². The van der Waals surface area contributed by atoms with Crippen molar-refractivity contribution in [3.63, 3.8) is 0 Å². The van der Waals surface area contributed by atoms with Gasteiger partial charge in [-0.3, -0.25) is 9.69 Å². The lowest BCUT2D eigenvalue weighted by Gasteiger charge is -2.26. The molecule has 156 valence electrons. The van der Waals surface area contributed by atoms with Gasteiger partial charge < -0.3 is 14.2 Å². The summed E-state index contributed by atoms with van der Waals surface area (Å²) in [7, 11) is 0. The van der Waals surface area contributed by atoms with Gasteiger partial charge in [0.2, 0.25) is 5.91 Å². The molecule has 0 atom stereocenters. The molecule has 0 spiro atoms. The summed E-state index contributed by atoms with van der Waals surface area (Å²) in [6, 6.07) is 9.49. The van der Waals surface area contributed by atoms with Crippen molar-refractivity contribution in [2.75, 3.05) is 46.1 Å².